The van der Waals surface area contributed by atoms with Crippen LogP contribution in [0.5, 0.6) is 0 Å². The molecular formula is C19H33NO3SSi. The van der Waals surface area contributed by atoms with Gasteiger partial charge in [-0.1, -0.05) is 20.8 Å². The highest BCUT2D eigenvalue weighted by atomic mass is 32.1. The third-order valence-corrected chi connectivity index (χ3v) is 10.6. The molecule has 142 valence electrons. The summed E-state index contributed by atoms with van der Waals surface area (Å²) in [4.78, 5) is 16.9. The molecule has 1 amide bonds. The van der Waals surface area contributed by atoms with Crippen molar-refractivity contribution in [3.05, 3.63) is 21.4 Å². The van der Waals surface area contributed by atoms with Gasteiger partial charge in [-0.25, -0.2) is 4.79 Å². The fourth-order valence-electron chi connectivity index (χ4n) is 2.62. The van der Waals surface area contributed by atoms with E-state index in [0.29, 0.717) is 13.1 Å². The topological polar surface area (TPSA) is 38.8 Å². The Morgan fingerprint density at radius 2 is 1.84 bits per heavy atom. The molecule has 1 aromatic heterocycles. The number of nitrogens with zero attached hydrogens (tertiary/aromatic N) is 1. The Hall–Kier alpha value is -0.853. The average Bonchev–Trinajstić information content (AvgIpc) is 2.75. The number of ether oxygens (including phenoxy) is 1. The van der Waals surface area contributed by atoms with Crippen LogP contribution in [0.4, 0.5) is 4.79 Å². The van der Waals surface area contributed by atoms with Crippen LogP contribution in [0.3, 0.4) is 0 Å². The summed E-state index contributed by atoms with van der Waals surface area (Å²) in [6.07, 6.45) is -0.318. The molecule has 6 heteroatoms. The molecule has 1 aliphatic rings. The van der Waals surface area contributed by atoms with Crippen LogP contribution in [-0.2, 0) is 15.7 Å². The molecule has 1 aromatic rings. The normalized spacial score (nSPS) is 18.9. The van der Waals surface area contributed by atoms with Gasteiger partial charge in [0.1, 0.15) is 5.60 Å². The van der Waals surface area contributed by atoms with E-state index in [1.165, 1.54) is 15.3 Å². The van der Waals surface area contributed by atoms with E-state index in [4.69, 9.17) is 9.16 Å². The minimum atomic E-state index is -1.93. The van der Waals surface area contributed by atoms with Crippen LogP contribution in [0.25, 0.3) is 0 Å². The van der Waals surface area contributed by atoms with E-state index in [0.717, 1.165) is 0 Å². The van der Waals surface area contributed by atoms with Crippen LogP contribution in [-0.4, -0.2) is 31.5 Å². The molecule has 1 unspecified atom stereocenters. The maximum atomic E-state index is 12.6. The maximum absolute atomic E-state index is 12.6. The highest BCUT2D eigenvalue weighted by Gasteiger charge is 2.42. The monoisotopic (exact) mass is 383 g/mol. The Labute approximate surface area is 157 Å². The van der Waals surface area contributed by atoms with E-state index in [2.05, 4.69) is 46.9 Å². The second-order valence-corrected chi connectivity index (χ2v) is 15.5. The summed E-state index contributed by atoms with van der Waals surface area (Å²) in [5.41, 5.74) is 0.709. The zero-order valence-corrected chi connectivity index (χ0v) is 19.0. The van der Waals surface area contributed by atoms with Crippen LogP contribution < -0.4 is 0 Å². The highest BCUT2D eigenvalue weighted by Crippen LogP contribution is 2.43. The molecule has 0 bridgehead atoms. The molecule has 0 aliphatic carbocycles. The summed E-state index contributed by atoms with van der Waals surface area (Å²) in [6.45, 7) is 20.2. The predicted octanol–water partition coefficient (Wildman–Crippen LogP) is 5.87. The van der Waals surface area contributed by atoms with E-state index >= 15 is 0 Å². The number of aryl methyl sites for hydroxylation is 1. The molecule has 0 saturated heterocycles. The second-order valence-electron chi connectivity index (χ2n) is 9.47. The highest BCUT2D eigenvalue weighted by molar-refractivity contribution is 7.12. The molecule has 0 fully saturated rings. The summed E-state index contributed by atoms with van der Waals surface area (Å²) < 4.78 is 12.3. The minimum absolute atomic E-state index is 0.0594. The molecule has 0 aromatic carbocycles. The lowest BCUT2D eigenvalue weighted by Gasteiger charge is -2.42. The van der Waals surface area contributed by atoms with Crippen molar-refractivity contribution in [1.82, 2.24) is 4.90 Å². The Morgan fingerprint density at radius 1 is 1.24 bits per heavy atom. The largest absolute Gasteiger partial charge is 0.444 e. The van der Waals surface area contributed by atoms with Crippen molar-refractivity contribution in [2.45, 2.75) is 84.8 Å². The first-order valence-corrected chi connectivity index (χ1v) is 12.7. The molecule has 0 N–H and O–H groups in total. The number of hydrogen-bond donors (Lipinski definition) is 0. The molecule has 0 saturated carbocycles. The van der Waals surface area contributed by atoms with Crippen molar-refractivity contribution in [3.8, 4) is 0 Å². The van der Waals surface area contributed by atoms with Crippen LogP contribution in [0.15, 0.2) is 6.07 Å². The summed E-state index contributed by atoms with van der Waals surface area (Å²) >= 11 is 1.79. The van der Waals surface area contributed by atoms with E-state index < -0.39 is 13.9 Å². The van der Waals surface area contributed by atoms with Gasteiger partial charge in [-0.3, -0.25) is 0 Å². The van der Waals surface area contributed by atoms with Crippen LogP contribution >= 0.6 is 11.3 Å². The fourth-order valence-corrected chi connectivity index (χ4v) is 5.02. The Bertz CT molecular complexity index is 640. The third kappa shape index (κ3) is 4.86. The van der Waals surface area contributed by atoms with Gasteiger partial charge in [-0.05, 0) is 57.5 Å². The summed E-state index contributed by atoms with van der Waals surface area (Å²) in [5.74, 6) is 0. The predicted molar refractivity (Wildman–Crippen MR) is 107 cm³/mol. The first-order valence-electron chi connectivity index (χ1n) is 8.94. The maximum Gasteiger partial charge on any atom is 0.410 e. The Morgan fingerprint density at radius 3 is 2.36 bits per heavy atom. The molecular weight excluding hydrogens is 350 g/mol. The van der Waals surface area contributed by atoms with Gasteiger partial charge in [0.25, 0.3) is 0 Å². The van der Waals surface area contributed by atoms with Gasteiger partial charge in [-0.15, -0.1) is 11.3 Å². The van der Waals surface area contributed by atoms with Gasteiger partial charge >= 0.3 is 6.09 Å². The molecule has 2 heterocycles. The Kier molecular flexibility index (Phi) is 5.49. The molecule has 25 heavy (non-hydrogen) atoms. The van der Waals surface area contributed by atoms with Gasteiger partial charge in [0.05, 0.1) is 19.2 Å². The number of hydrogen-bond acceptors (Lipinski definition) is 4. The number of amides is 1. The summed E-state index contributed by atoms with van der Waals surface area (Å²) in [5, 5.41) is 0.133. The molecule has 0 radical (unpaired) electrons. The minimum Gasteiger partial charge on any atom is -0.444 e. The zero-order valence-electron chi connectivity index (χ0n) is 17.1. The lowest BCUT2D eigenvalue weighted by Crippen LogP contribution is -2.47. The quantitative estimate of drug-likeness (QED) is 0.599. The Balaban J connectivity index is 2.28. The van der Waals surface area contributed by atoms with Crippen molar-refractivity contribution in [2.75, 3.05) is 6.54 Å². The van der Waals surface area contributed by atoms with Gasteiger partial charge in [0.2, 0.25) is 0 Å². The van der Waals surface area contributed by atoms with Crippen molar-refractivity contribution in [3.63, 3.8) is 0 Å². The molecule has 4 nitrogen and oxygen atoms in total. The SMILES string of the molecule is Cc1cc2c(s1)C(O[Si](C)(C)C(C)(C)C)CN(C(=O)OC(C)(C)C)C2. The number of carbonyl (C=O) groups is 1. The first-order chi connectivity index (χ1) is 11.2. The van der Waals surface area contributed by atoms with Crippen molar-refractivity contribution < 1.29 is 14.0 Å². The standard InChI is InChI=1S/C19H33NO3SSi/c1-13-10-14-11-20(17(21)22-18(2,3)4)12-15(16(14)24-13)23-25(8,9)19(5,6)7/h10,15H,11-12H2,1-9H3. The molecule has 0 spiro atoms. The molecule has 1 aliphatic heterocycles. The van der Waals surface area contributed by atoms with E-state index in [1.807, 2.05) is 20.8 Å². The van der Waals surface area contributed by atoms with Crippen molar-refractivity contribution in [1.29, 1.82) is 0 Å². The van der Waals surface area contributed by atoms with Crippen molar-refractivity contribution >= 4 is 25.7 Å². The smallest absolute Gasteiger partial charge is 0.410 e. The summed E-state index contributed by atoms with van der Waals surface area (Å²) in [7, 11) is -1.93. The number of thiophene rings is 1. The van der Waals surface area contributed by atoms with Gasteiger partial charge in [0, 0.05) is 9.75 Å². The third-order valence-electron chi connectivity index (χ3n) is 4.90. The zero-order chi connectivity index (χ0) is 19.2. The van der Waals surface area contributed by atoms with Gasteiger partial charge in [0.15, 0.2) is 8.32 Å². The number of fused-ring (bicyclic) bond motifs is 1. The lowest BCUT2D eigenvalue weighted by atomic mass is 10.1. The summed E-state index contributed by atoms with van der Waals surface area (Å²) in [6, 6.07) is 2.18. The van der Waals surface area contributed by atoms with Gasteiger partial charge < -0.3 is 14.1 Å². The number of carbonyl (C=O) groups excluding carboxylic acids is 1. The van der Waals surface area contributed by atoms with E-state index in [-0.39, 0.29) is 17.2 Å². The molecule has 1 atom stereocenters. The van der Waals surface area contributed by atoms with E-state index in [9.17, 15) is 4.79 Å². The second kappa shape index (κ2) is 6.71. The molecule has 2 rings (SSSR count). The van der Waals surface area contributed by atoms with Crippen LogP contribution in [0.1, 0.15) is 63.0 Å². The van der Waals surface area contributed by atoms with E-state index in [1.54, 1.807) is 16.2 Å². The van der Waals surface area contributed by atoms with Crippen LogP contribution in [0.2, 0.25) is 18.1 Å². The van der Waals surface area contributed by atoms with Crippen LogP contribution in [0, 0.1) is 6.92 Å². The lowest BCUT2D eigenvalue weighted by molar-refractivity contribution is 0.0104. The number of rotatable bonds is 2. The fraction of sp³-hybridized carbons (Fsp3) is 0.737. The van der Waals surface area contributed by atoms with Gasteiger partial charge in [-0.2, -0.15) is 0 Å². The average molecular weight is 384 g/mol. The first kappa shape index (κ1) is 20.5. The van der Waals surface area contributed by atoms with Crippen molar-refractivity contribution in [2.24, 2.45) is 0 Å².